The van der Waals surface area contributed by atoms with Crippen LogP contribution in [0, 0.1) is 0 Å². The number of carbonyl (C=O) groups excluding carboxylic acids is 5. The van der Waals surface area contributed by atoms with E-state index in [1.54, 1.807) is 57.3 Å². The third-order valence-corrected chi connectivity index (χ3v) is 10.9. The molecule has 0 radical (unpaired) electrons. The van der Waals surface area contributed by atoms with Gasteiger partial charge in [0.15, 0.2) is 5.96 Å². The topological polar surface area (TPSA) is 269 Å². The second kappa shape index (κ2) is 21.8. The van der Waals surface area contributed by atoms with Crippen LogP contribution in [0.1, 0.15) is 68.2 Å². The number of aromatic amines is 1. The molecule has 0 spiro atoms. The van der Waals surface area contributed by atoms with E-state index in [2.05, 4.69) is 31.2 Å². The summed E-state index contributed by atoms with van der Waals surface area (Å²) < 4.78 is 11.4. The number of nitrogens with one attached hydrogen (secondary N) is 5. The molecule has 1 aromatic heterocycles. The summed E-state index contributed by atoms with van der Waals surface area (Å²) >= 11 is 0. The zero-order valence-electron chi connectivity index (χ0n) is 37.0. The van der Waals surface area contributed by atoms with Crippen molar-refractivity contribution in [1.82, 2.24) is 26.3 Å². The summed E-state index contributed by atoms with van der Waals surface area (Å²) in [5, 5.41) is 21.1. The van der Waals surface area contributed by atoms with Gasteiger partial charge in [-0.2, -0.15) is 0 Å². The number of aromatic nitrogens is 1. The smallest absolute Gasteiger partial charge is 0.407 e. The molecule has 17 nitrogen and oxygen atoms in total. The number of H-pyrrole nitrogens is 1. The fourth-order valence-electron chi connectivity index (χ4n) is 7.90. The highest BCUT2D eigenvalue weighted by atomic mass is 16.6. The normalized spacial score (nSPS) is 13.7. The van der Waals surface area contributed by atoms with Crippen LogP contribution in [0.5, 0.6) is 0 Å². The molecule has 6 rings (SSSR count). The standard InChI is InChI=1S/C49H56N8O9/c1-49(2,3)66-46(63)41(24-29-14-5-4-6-15-29)56-45(62)40(26-42(58)59)55-43(60)38(22-13-23-52-47(50)51)54-44(61)39(25-30-27-53-37-21-12-11-16-31(30)37)57-48(64)65-28-36-34-19-9-7-17-32(34)33-18-8-10-20-35(33)36/h4-12,14-21,27,36,38-41,53H,13,22-26,28H2,1-3H3,(H,54,61)(H,55,60)(H,56,62)(H,57,64)(H,58,59)(H4,50,51,52)/t38-,39-,40-,41-/m0/s1. The Labute approximate surface area is 382 Å². The molecule has 0 unspecified atom stereocenters. The lowest BCUT2D eigenvalue weighted by molar-refractivity contribution is -0.158. The Morgan fingerprint density at radius 2 is 1.29 bits per heavy atom. The fraction of sp³-hybridized carbons (Fsp3) is 0.327. The first-order valence-electron chi connectivity index (χ1n) is 21.7. The van der Waals surface area contributed by atoms with Crippen LogP contribution >= 0.6 is 0 Å². The quantitative estimate of drug-likeness (QED) is 0.0238. The maximum Gasteiger partial charge on any atom is 0.407 e. The molecule has 0 saturated heterocycles. The molecular weight excluding hydrogens is 845 g/mol. The van der Waals surface area contributed by atoms with Crippen molar-refractivity contribution in [2.75, 3.05) is 13.2 Å². The van der Waals surface area contributed by atoms with Gasteiger partial charge in [0, 0.05) is 42.4 Å². The summed E-state index contributed by atoms with van der Waals surface area (Å²) in [6, 6.07) is 26.4. The molecular formula is C49H56N8O9. The SMILES string of the molecule is CC(C)(C)OC(=O)[C@H](Cc1ccccc1)NC(=O)[C@H](CC(=O)O)NC(=O)[C@H](CCCN=C(N)N)NC(=O)[C@H](Cc1c[nH]c2ccccc12)NC(=O)OCC1c2ccccc2-c2ccccc21. The van der Waals surface area contributed by atoms with Crippen molar-refractivity contribution in [2.45, 2.75) is 88.6 Å². The van der Waals surface area contributed by atoms with E-state index in [0.29, 0.717) is 11.1 Å². The number of benzene rings is 4. The van der Waals surface area contributed by atoms with Crippen LogP contribution in [0.4, 0.5) is 4.79 Å². The fourth-order valence-corrected chi connectivity index (χ4v) is 7.90. The van der Waals surface area contributed by atoms with Crippen LogP contribution in [0.3, 0.4) is 0 Å². The van der Waals surface area contributed by atoms with Crippen LogP contribution in [-0.4, -0.2) is 94.7 Å². The van der Waals surface area contributed by atoms with Crippen molar-refractivity contribution in [3.8, 4) is 11.1 Å². The number of aliphatic imine (C=N–C) groups is 1. The summed E-state index contributed by atoms with van der Waals surface area (Å²) in [7, 11) is 0. The number of guanidine groups is 1. The van der Waals surface area contributed by atoms with Gasteiger partial charge in [-0.05, 0) is 73.1 Å². The number of carboxylic acid groups (broad SMARTS) is 1. The molecule has 0 aliphatic heterocycles. The van der Waals surface area contributed by atoms with Gasteiger partial charge in [0.1, 0.15) is 36.4 Å². The number of esters is 1. The van der Waals surface area contributed by atoms with Crippen molar-refractivity contribution in [3.05, 3.63) is 132 Å². The number of rotatable bonds is 20. The lowest BCUT2D eigenvalue weighted by Gasteiger charge is -2.27. The summed E-state index contributed by atoms with van der Waals surface area (Å²) in [5.41, 5.74) is 16.4. The van der Waals surface area contributed by atoms with E-state index in [1.165, 1.54) is 0 Å². The molecule has 4 amide bonds. The van der Waals surface area contributed by atoms with Crippen molar-refractivity contribution >= 4 is 52.6 Å². The van der Waals surface area contributed by atoms with Crippen LogP contribution in [0.15, 0.2) is 114 Å². The van der Waals surface area contributed by atoms with Gasteiger partial charge < -0.3 is 52.3 Å². The summed E-state index contributed by atoms with van der Waals surface area (Å²) in [6.45, 7) is 5.04. The molecule has 0 saturated carbocycles. The highest BCUT2D eigenvalue weighted by molar-refractivity contribution is 5.96. The number of nitrogens with two attached hydrogens (primary N) is 2. The highest BCUT2D eigenvalue weighted by Crippen LogP contribution is 2.44. The van der Waals surface area contributed by atoms with E-state index >= 15 is 0 Å². The molecule has 1 heterocycles. The number of amides is 4. The molecule has 1 aliphatic carbocycles. The second-order valence-electron chi connectivity index (χ2n) is 17.0. The molecule has 346 valence electrons. The number of nitrogens with zero attached hydrogens (tertiary/aromatic N) is 1. The van der Waals surface area contributed by atoms with Gasteiger partial charge >= 0.3 is 18.0 Å². The molecule has 5 aromatic rings. The number of carboxylic acids is 1. The van der Waals surface area contributed by atoms with Crippen LogP contribution in [0.25, 0.3) is 22.0 Å². The van der Waals surface area contributed by atoms with Crippen molar-refractivity contribution < 1.29 is 43.3 Å². The minimum atomic E-state index is -1.70. The van der Waals surface area contributed by atoms with Crippen LogP contribution in [-0.2, 0) is 46.3 Å². The number of aliphatic carboxylic acids is 1. The van der Waals surface area contributed by atoms with Crippen molar-refractivity contribution in [3.63, 3.8) is 0 Å². The predicted molar refractivity (Wildman–Crippen MR) is 248 cm³/mol. The molecule has 66 heavy (non-hydrogen) atoms. The largest absolute Gasteiger partial charge is 0.481 e. The zero-order chi connectivity index (χ0) is 47.4. The first-order valence-corrected chi connectivity index (χ1v) is 21.7. The van der Waals surface area contributed by atoms with Crippen LogP contribution < -0.4 is 32.7 Å². The van der Waals surface area contributed by atoms with Crippen molar-refractivity contribution in [1.29, 1.82) is 0 Å². The number of para-hydroxylation sites is 1. The van der Waals surface area contributed by atoms with E-state index in [9.17, 15) is 33.9 Å². The molecule has 10 N–H and O–H groups in total. The first kappa shape index (κ1) is 47.8. The zero-order valence-corrected chi connectivity index (χ0v) is 37.0. The number of hydrogen-bond acceptors (Lipinski definition) is 9. The third kappa shape index (κ3) is 13.0. The van der Waals surface area contributed by atoms with Gasteiger partial charge in [-0.1, -0.05) is 97.1 Å². The molecule has 4 atom stereocenters. The monoisotopic (exact) mass is 900 g/mol. The lowest BCUT2D eigenvalue weighted by atomic mass is 9.98. The number of carbonyl (C=O) groups is 6. The maximum absolute atomic E-state index is 14.4. The summed E-state index contributed by atoms with van der Waals surface area (Å²) in [6.07, 6.45) is 0.0458. The average molecular weight is 901 g/mol. The average Bonchev–Trinajstić information content (AvgIpc) is 3.83. The molecule has 1 aliphatic rings. The van der Waals surface area contributed by atoms with Crippen LogP contribution in [0.2, 0.25) is 0 Å². The minimum absolute atomic E-state index is 0.00714. The maximum atomic E-state index is 14.4. The Hall–Kier alpha value is -7.69. The number of alkyl carbamates (subject to hydrolysis) is 1. The Balaban J connectivity index is 1.22. The van der Waals surface area contributed by atoms with Gasteiger partial charge in [0.05, 0.1) is 6.42 Å². The molecule has 0 bridgehead atoms. The van der Waals surface area contributed by atoms with E-state index in [-0.39, 0.29) is 50.7 Å². The first-order chi connectivity index (χ1) is 31.6. The number of hydrogen-bond donors (Lipinski definition) is 8. The summed E-state index contributed by atoms with van der Waals surface area (Å²) in [5.74, 6) is -5.31. The Morgan fingerprint density at radius 3 is 1.94 bits per heavy atom. The van der Waals surface area contributed by atoms with E-state index < -0.39 is 71.9 Å². The molecule has 0 fully saturated rings. The van der Waals surface area contributed by atoms with Gasteiger partial charge in [-0.15, -0.1) is 0 Å². The van der Waals surface area contributed by atoms with Gasteiger partial charge in [0.25, 0.3) is 0 Å². The number of fused-ring (bicyclic) bond motifs is 4. The molecule has 4 aromatic carbocycles. The predicted octanol–water partition coefficient (Wildman–Crippen LogP) is 4.18. The van der Waals surface area contributed by atoms with E-state index in [1.807, 2.05) is 72.8 Å². The Bertz CT molecular complexity index is 2520. The molecule has 17 heteroatoms. The van der Waals surface area contributed by atoms with Gasteiger partial charge in [0.2, 0.25) is 17.7 Å². The van der Waals surface area contributed by atoms with Crippen molar-refractivity contribution in [2.24, 2.45) is 16.5 Å². The second-order valence-corrected chi connectivity index (χ2v) is 17.0. The third-order valence-electron chi connectivity index (χ3n) is 10.9. The number of ether oxygens (including phenoxy) is 2. The highest BCUT2D eigenvalue weighted by Gasteiger charge is 2.35. The Morgan fingerprint density at radius 1 is 0.712 bits per heavy atom. The van der Waals surface area contributed by atoms with Gasteiger partial charge in [-0.3, -0.25) is 24.2 Å². The summed E-state index contributed by atoms with van der Waals surface area (Å²) in [4.78, 5) is 88.8. The van der Waals surface area contributed by atoms with E-state index in [4.69, 9.17) is 20.9 Å². The minimum Gasteiger partial charge on any atom is -0.481 e. The van der Waals surface area contributed by atoms with Gasteiger partial charge in [-0.25, -0.2) is 9.59 Å². The lowest BCUT2D eigenvalue weighted by Crippen LogP contribution is -2.58. The Kier molecular flexibility index (Phi) is 15.8. The van der Waals surface area contributed by atoms with E-state index in [0.717, 1.165) is 33.2 Å².